The van der Waals surface area contributed by atoms with Crippen LogP contribution in [0.3, 0.4) is 0 Å². The van der Waals surface area contributed by atoms with Crippen molar-refractivity contribution in [2.45, 2.75) is 58.2 Å². The molecule has 3 atom stereocenters. The van der Waals surface area contributed by atoms with Gasteiger partial charge in [-0.15, -0.1) is 10.2 Å². The summed E-state index contributed by atoms with van der Waals surface area (Å²) in [6, 6.07) is 29.2. The molecule has 1 aromatic heterocycles. The maximum Gasteiger partial charge on any atom is 0.151 e. The third-order valence-corrected chi connectivity index (χ3v) is 7.70. The summed E-state index contributed by atoms with van der Waals surface area (Å²) < 4.78 is 18.7. The quantitative estimate of drug-likeness (QED) is 0.272. The molecule has 6 heteroatoms. The Morgan fingerprint density at radius 2 is 1.59 bits per heavy atom. The van der Waals surface area contributed by atoms with Gasteiger partial charge in [-0.05, 0) is 60.7 Å². The molecule has 6 nitrogen and oxygen atoms in total. The van der Waals surface area contributed by atoms with Crippen LogP contribution >= 0.6 is 0 Å². The Labute approximate surface area is 230 Å². The van der Waals surface area contributed by atoms with Gasteiger partial charge < -0.3 is 19.1 Å². The molecule has 2 fully saturated rings. The molecule has 6 rings (SSSR count). The average Bonchev–Trinajstić information content (AvgIpc) is 3.39. The lowest BCUT2D eigenvalue weighted by atomic mass is 10.0. The average molecular weight is 522 g/mol. The van der Waals surface area contributed by atoms with Gasteiger partial charge in [-0.2, -0.15) is 0 Å². The summed E-state index contributed by atoms with van der Waals surface area (Å²) in [7, 11) is 0. The Hall–Kier alpha value is -3.74. The number of nitrogens with zero attached hydrogens (tertiary/aromatic N) is 3. The van der Waals surface area contributed by atoms with Crippen molar-refractivity contribution in [2.24, 2.45) is 0 Å². The monoisotopic (exact) mass is 521 g/mol. The lowest BCUT2D eigenvalue weighted by Crippen LogP contribution is -2.49. The van der Waals surface area contributed by atoms with E-state index in [2.05, 4.69) is 79.4 Å². The van der Waals surface area contributed by atoms with Crippen molar-refractivity contribution in [2.75, 3.05) is 18.1 Å². The van der Waals surface area contributed by atoms with Crippen molar-refractivity contribution >= 4 is 5.82 Å². The van der Waals surface area contributed by atoms with Gasteiger partial charge in [-0.1, -0.05) is 66.7 Å². The molecule has 1 aliphatic heterocycles. The molecular formula is C33H35N3O3. The minimum Gasteiger partial charge on any atom is -0.488 e. The second-order valence-corrected chi connectivity index (χ2v) is 10.6. The molecule has 0 amide bonds. The number of morpholine rings is 1. The topological polar surface area (TPSA) is 56.7 Å². The van der Waals surface area contributed by atoms with Gasteiger partial charge in [0.2, 0.25) is 0 Å². The number of aromatic nitrogens is 2. The van der Waals surface area contributed by atoms with Crippen LogP contribution in [0, 0.1) is 13.8 Å². The van der Waals surface area contributed by atoms with E-state index in [0.29, 0.717) is 19.8 Å². The molecule has 1 aliphatic carbocycles. The molecule has 1 saturated heterocycles. The molecule has 0 bridgehead atoms. The van der Waals surface area contributed by atoms with E-state index in [9.17, 15) is 0 Å². The number of fused-ring (bicyclic) bond motifs is 1. The maximum absolute atomic E-state index is 6.30. The molecule has 0 unspecified atom stereocenters. The predicted molar refractivity (Wildman–Crippen MR) is 153 cm³/mol. The summed E-state index contributed by atoms with van der Waals surface area (Å²) in [4.78, 5) is 2.35. The fraction of sp³-hybridized carbons (Fsp3) is 0.333. The molecular weight excluding hydrogens is 486 g/mol. The van der Waals surface area contributed by atoms with Crippen LogP contribution in [0.15, 0.2) is 84.9 Å². The van der Waals surface area contributed by atoms with Gasteiger partial charge in [-0.3, -0.25) is 0 Å². The zero-order chi connectivity index (χ0) is 26.6. The summed E-state index contributed by atoms with van der Waals surface area (Å²) in [5.41, 5.74) is 6.43. The number of benzene rings is 3. The van der Waals surface area contributed by atoms with E-state index < -0.39 is 0 Å². The molecule has 2 heterocycles. The van der Waals surface area contributed by atoms with Gasteiger partial charge in [0.05, 0.1) is 37.2 Å². The van der Waals surface area contributed by atoms with Crippen LogP contribution < -0.4 is 9.64 Å². The first kappa shape index (κ1) is 25.5. The minimum absolute atomic E-state index is 0.151. The predicted octanol–water partition coefficient (Wildman–Crippen LogP) is 6.29. The summed E-state index contributed by atoms with van der Waals surface area (Å²) in [5, 5.41) is 9.40. The van der Waals surface area contributed by atoms with Gasteiger partial charge in [0.15, 0.2) is 5.82 Å². The Bertz CT molecular complexity index is 1380. The third-order valence-electron chi connectivity index (χ3n) is 7.70. The lowest BCUT2D eigenvalue weighted by molar-refractivity contribution is 0.00592. The Kier molecular flexibility index (Phi) is 7.57. The van der Waals surface area contributed by atoms with Gasteiger partial charge in [0.1, 0.15) is 12.4 Å². The fourth-order valence-corrected chi connectivity index (χ4v) is 5.84. The molecule has 200 valence electrons. The van der Waals surface area contributed by atoms with Crippen molar-refractivity contribution in [3.05, 3.63) is 107 Å². The molecule has 1 saturated carbocycles. The highest BCUT2D eigenvalue weighted by Crippen LogP contribution is 2.37. The van der Waals surface area contributed by atoms with E-state index in [1.54, 1.807) is 0 Å². The van der Waals surface area contributed by atoms with Crippen molar-refractivity contribution in [1.29, 1.82) is 0 Å². The zero-order valence-corrected chi connectivity index (χ0v) is 22.6. The summed E-state index contributed by atoms with van der Waals surface area (Å²) in [6.07, 6.45) is 2.16. The van der Waals surface area contributed by atoms with Gasteiger partial charge in [0, 0.05) is 18.5 Å². The van der Waals surface area contributed by atoms with Gasteiger partial charge >= 0.3 is 0 Å². The fourth-order valence-electron chi connectivity index (χ4n) is 5.84. The van der Waals surface area contributed by atoms with Crippen molar-refractivity contribution in [1.82, 2.24) is 10.2 Å². The normalized spacial score (nSPS) is 20.6. The highest BCUT2D eigenvalue weighted by molar-refractivity contribution is 5.72. The zero-order valence-electron chi connectivity index (χ0n) is 22.6. The second-order valence-electron chi connectivity index (χ2n) is 10.6. The summed E-state index contributed by atoms with van der Waals surface area (Å²) >= 11 is 0. The van der Waals surface area contributed by atoms with Gasteiger partial charge in [-0.25, -0.2) is 0 Å². The van der Waals surface area contributed by atoms with Crippen LogP contribution in [0.4, 0.5) is 5.82 Å². The highest BCUT2D eigenvalue weighted by Gasteiger charge is 2.42. The second kappa shape index (κ2) is 11.6. The smallest absolute Gasteiger partial charge is 0.151 e. The standard InChI is InChI=1S/C33H35N3O3/c1-23-17-24(2)33(31(18-23)39-22-26-11-7-4-8-12-26)28-13-14-32(35-34-28)36-15-16-37-30-20-27(19-29(30)36)38-21-25-9-5-3-6-10-25/h3-14,17-18,27,29-30H,15-16,19-22H2,1-2H3/t27-,29-,30+/m1/s1. The number of hydrogen-bond donors (Lipinski definition) is 0. The largest absolute Gasteiger partial charge is 0.488 e. The molecule has 0 N–H and O–H groups in total. The number of hydrogen-bond acceptors (Lipinski definition) is 6. The number of anilines is 1. The Balaban J connectivity index is 1.17. The van der Waals surface area contributed by atoms with E-state index in [-0.39, 0.29) is 18.2 Å². The molecule has 39 heavy (non-hydrogen) atoms. The van der Waals surface area contributed by atoms with E-state index in [0.717, 1.165) is 58.9 Å². The molecule has 2 aliphatic rings. The summed E-state index contributed by atoms with van der Waals surface area (Å²) in [6.45, 7) is 6.82. The van der Waals surface area contributed by atoms with E-state index in [1.165, 1.54) is 5.56 Å². The van der Waals surface area contributed by atoms with Crippen LogP contribution in [0.2, 0.25) is 0 Å². The Morgan fingerprint density at radius 3 is 2.31 bits per heavy atom. The molecule has 0 spiro atoms. The van der Waals surface area contributed by atoms with Crippen molar-refractivity contribution in [3.8, 4) is 17.0 Å². The lowest BCUT2D eigenvalue weighted by Gasteiger charge is -2.38. The van der Waals surface area contributed by atoms with Crippen LogP contribution in [-0.2, 0) is 22.7 Å². The van der Waals surface area contributed by atoms with Crippen LogP contribution in [0.25, 0.3) is 11.3 Å². The van der Waals surface area contributed by atoms with Crippen molar-refractivity contribution in [3.63, 3.8) is 0 Å². The van der Waals surface area contributed by atoms with E-state index in [4.69, 9.17) is 24.4 Å². The SMILES string of the molecule is Cc1cc(C)c(-c2ccc(N3CCO[C@H]4C[C@H](OCc5ccccc5)C[C@H]43)nn2)c(OCc2ccccc2)c1. The van der Waals surface area contributed by atoms with Crippen LogP contribution in [-0.4, -0.2) is 41.6 Å². The van der Waals surface area contributed by atoms with Crippen LogP contribution in [0.5, 0.6) is 5.75 Å². The number of ether oxygens (including phenoxy) is 3. The van der Waals surface area contributed by atoms with E-state index >= 15 is 0 Å². The van der Waals surface area contributed by atoms with Crippen molar-refractivity contribution < 1.29 is 14.2 Å². The first-order valence-electron chi connectivity index (χ1n) is 13.8. The molecule has 0 radical (unpaired) electrons. The minimum atomic E-state index is 0.151. The maximum atomic E-state index is 6.30. The third kappa shape index (κ3) is 5.82. The van der Waals surface area contributed by atoms with Crippen LogP contribution in [0.1, 0.15) is 35.1 Å². The first-order valence-corrected chi connectivity index (χ1v) is 13.8. The number of aryl methyl sites for hydroxylation is 2. The van der Waals surface area contributed by atoms with Gasteiger partial charge in [0.25, 0.3) is 0 Å². The Morgan fingerprint density at radius 1 is 0.846 bits per heavy atom. The molecule has 3 aromatic carbocycles. The summed E-state index contributed by atoms with van der Waals surface area (Å²) in [5.74, 6) is 1.72. The molecule has 4 aromatic rings. The highest BCUT2D eigenvalue weighted by atomic mass is 16.5. The number of rotatable bonds is 8. The van der Waals surface area contributed by atoms with E-state index in [1.807, 2.05) is 24.3 Å². The first-order chi connectivity index (χ1) is 19.1.